The molecule has 0 atom stereocenters. The molecule has 1 aliphatic heterocycles. The Morgan fingerprint density at radius 1 is 1.32 bits per heavy atom. The Bertz CT molecular complexity index is 670. The molecule has 2 rings (SSSR count). The van der Waals surface area contributed by atoms with Crippen molar-refractivity contribution in [2.24, 2.45) is 0 Å². The van der Waals surface area contributed by atoms with Gasteiger partial charge < -0.3 is 9.47 Å². The van der Waals surface area contributed by atoms with Crippen LogP contribution in [0.2, 0.25) is 0 Å². The molecule has 1 aromatic carbocycles. The maximum Gasteiger partial charge on any atom is 0.305 e. The van der Waals surface area contributed by atoms with Crippen LogP contribution in [0.15, 0.2) is 29.2 Å². The zero-order valence-corrected chi connectivity index (χ0v) is 16.0. The van der Waals surface area contributed by atoms with Gasteiger partial charge in [-0.15, -0.1) is 0 Å². The van der Waals surface area contributed by atoms with Crippen molar-refractivity contribution in [3.05, 3.63) is 34.7 Å². The highest BCUT2D eigenvalue weighted by molar-refractivity contribution is 8.19. The lowest BCUT2D eigenvalue weighted by Gasteiger charge is -2.14. The molecule has 1 saturated heterocycles. The normalized spacial score (nSPS) is 15.8. The molecule has 1 amide bonds. The van der Waals surface area contributed by atoms with Crippen LogP contribution in [-0.4, -0.2) is 41.4 Å². The van der Waals surface area contributed by atoms with Crippen LogP contribution in [0, 0.1) is 0 Å². The average molecular weight is 380 g/mol. The smallest absolute Gasteiger partial charge is 0.305 e. The zero-order chi connectivity index (χ0) is 18.2. The molecule has 134 valence electrons. The van der Waals surface area contributed by atoms with E-state index in [4.69, 9.17) is 21.7 Å². The fraction of sp³-hybridized carbons (Fsp3) is 0.389. The fourth-order valence-corrected chi connectivity index (χ4v) is 3.50. The number of nitrogens with zero attached hydrogens (tertiary/aromatic N) is 1. The molecule has 0 spiro atoms. The van der Waals surface area contributed by atoms with E-state index in [0.29, 0.717) is 24.6 Å². The van der Waals surface area contributed by atoms with Gasteiger partial charge in [-0.3, -0.25) is 14.5 Å². The second-order valence-electron chi connectivity index (χ2n) is 5.43. The Hall–Kier alpha value is -1.86. The summed E-state index contributed by atoms with van der Waals surface area (Å²) in [6.45, 7) is 2.80. The van der Waals surface area contributed by atoms with E-state index in [9.17, 15) is 9.59 Å². The van der Waals surface area contributed by atoms with E-state index >= 15 is 0 Å². The van der Waals surface area contributed by atoms with Crippen molar-refractivity contribution < 1.29 is 19.1 Å². The van der Waals surface area contributed by atoms with Crippen molar-refractivity contribution in [1.82, 2.24) is 4.90 Å². The summed E-state index contributed by atoms with van der Waals surface area (Å²) in [5.74, 6) is 0.539. The number of benzene rings is 1. The van der Waals surface area contributed by atoms with Crippen LogP contribution in [-0.2, 0) is 9.53 Å². The number of thioether (sulfide) groups is 1. The Balaban J connectivity index is 1.92. The Morgan fingerprint density at radius 3 is 2.68 bits per heavy atom. The van der Waals surface area contributed by atoms with Gasteiger partial charge in [-0.05, 0) is 48.4 Å². The minimum Gasteiger partial charge on any atom is -0.497 e. The summed E-state index contributed by atoms with van der Waals surface area (Å²) in [5.41, 5.74) is 0.948. The molecule has 0 N–H and O–H groups in total. The van der Waals surface area contributed by atoms with Crippen molar-refractivity contribution in [3.63, 3.8) is 0 Å². The number of ether oxygens (including phenoxy) is 2. The van der Waals surface area contributed by atoms with Gasteiger partial charge in [0.2, 0.25) is 0 Å². The van der Waals surface area contributed by atoms with Crippen LogP contribution in [0.3, 0.4) is 0 Å². The van der Waals surface area contributed by atoms with E-state index in [1.807, 2.05) is 37.3 Å². The molecule has 1 heterocycles. The first-order valence-corrected chi connectivity index (χ1v) is 9.32. The first-order chi connectivity index (χ1) is 12.0. The van der Waals surface area contributed by atoms with Crippen molar-refractivity contribution in [3.8, 4) is 5.75 Å². The average Bonchev–Trinajstić information content (AvgIpc) is 2.88. The van der Waals surface area contributed by atoms with Crippen molar-refractivity contribution >= 4 is 46.3 Å². The maximum atomic E-state index is 12.2. The third-order valence-electron chi connectivity index (χ3n) is 3.52. The molecule has 1 aromatic rings. The highest BCUT2D eigenvalue weighted by Crippen LogP contribution is 2.33. The Morgan fingerprint density at radius 2 is 2.04 bits per heavy atom. The molecule has 25 heavy (non-hydrogen) atoms. The third kappa shape index (κ3) is 5.57. The SMILES string of the molecule is CCCOC(=O)CCCN1C(=O)S/C(=C\c2ccc(OC)cc2)C1=S. The van der Waals surface area contributed by atoms with Gasteiger partial charge in [-0.1, -0.05) is 31.3 Å². The number of esters is 1. The lowest BCUT2D eigenvalue weighted by molar-refractivity contribution is -0.143. The second-order valence-corrected chi connectivity index (χ2v) is 6.81. The molecule has 0 unspecified atom stereocenters. The molecule has 0 saturated carbocycles. The number of hydrogen-bond donors (Lipinski definition) is 0. The van der Waals surface area contributed by atoms with Crippen molar-refractivity contribution in [2.45, 2.75) is 26.2 Å². The monoisotopic (exact) mass is 379 g/mol. The van der Waals surface area contributed by atoms with Crippen LogP contribution in [0.4, 0.5) is 4.79 Å². The summed E-state index contributed by atoms with van der Waals surface area (Å²) < 4.78 is 10.2. The topological polar surface area (TPSA) is 55.8 Å². The predicted octanol–water partition coefficient (Wildman–Crippen LogP) is 4.27. The summed E-state index contributed by atoms with van der Waals surface area (Å²) >= 11 is 6.53. The molecule has 1 aliphatic rings. The molecule has 1 fully saturated rings. The summed E-state index contributed by atoms with van der Waals surface area (Å²) in [7, 11) is 1.62. The minimum atomic E-state index is -0.235. The summed E-state index contributed by atoms with van der Waals surface area (Å²) in [6.07, 6.45) is 3.51. The number of carbonyl (C=O) groups is 2. The van der Waals surface area contributed by atoms with E-state index < -0.39 is 0 Å². The van der Waals surface area contributed by atoms with Crippen LogP contribution < -0.4 is 4.74 Å². The molecule has 0 aromatic heterocycles. The molecular formula is C18H21NO4S2. The van der Waals surface area contributed by atoms with Crippen molar-refractivity contribution in [2.75, 3.05) is 20.3 Å². The summed E-state index contributed by atoms with van der Waals surface area (Å²) in [5, 5.41) is -0.105. The number of hydrogen-bond acceptors (Lipinski definition) is 6. The van der Waals surface area contributed by atoms with Crippen LogP contribution >= 0.6 is 24.0 Å². The molecule has 0 bridgehead atoms. The third-order valence-corrected chi connectivity index (χ3v) is 5.01. The number of amides is 1. The van der Waals surface area contributed by atoms with Gasteiger partial charge in [-0.2, -0.15) is 0 Å². The summed E-state index contributed by atoms with van der Waals surface area (Å²) in [6, 6.07) is 7.53. The van der Waals surface area contributed by atoms with Gasteiger partial charge in [0.15, 0.2) is 0 Å². The van der Waals surface area contributed by atoms with Gasteiger partial charge in [0, 0.05) is 13.0 Å². The lowest BCUT2D eigenvalue weighted by atomic mass is 10.2. The van der Waals surface area contributed by atoms with Crippen LogP contribution in [0.25, 0.3) is 6.08 Å². The maximum absolute atomic E-state index is 12.2. The zero-order valence-electron chi connectivity index (χ0n) is 14.3. The summed E-state index contributed by atoms with van der Waals surface area (Å²) in [4.78, 5) is 26.5. The molecular weight excluding hydrogens is 358 g/mol. The predicted molar refractivity (Wildman–Crippen MR) is 104 cm³/mol. The first kappa shape index (κ1) is 19.5. The lowest BCUT2D eigenvalue weighted by Crippen LogP contribution is -2.28. The molecule has 0 radical (unpaired) electrons. The van der Waals surface area contributed by atoms with E-state index in [-0.39, 0.29) is 17.6 Å². The second kappa shape index (κ2) is 9.58. The van der Waals surface area contributed by atoms with Gasteiger partial charge in [-0.25, -0.2) is 0 Å². The highest BCUT2D eigenvalue weighted by Gasteiger charge is 2.31. The minimum absolute atomic E-state index is 0.105. The van der Waals surface area contributed by atoms with Gasteiger partial charge in [0.25, 0.3) is 5.24 Å². The molecule has 0 aliphatic carbocycles. The van der Waals surface area contributed by atoms with E-state index in [1.165, 1.54) is 0 Å². The van der Waals surface area contributed by atoms with Gasteiger partial charge >= 0.3 is 5.97 Å². The highest BCUT2D eigenvalue weighted by atomic mass is 32.2. The molecule has 7 heteroatoms. The number of carbonyl (C=O) groups excluding carboxylic acids is 2. The number of methoxy groups -OCH3 is 1. The largest absolute Gasteiger partial charge is 0.497 e. The van der Waals surface area contributed by atoms with Crippen LogP contribution in [0.1, 0.15) is 31.7 Å². The number of rotatable bonds is 8. The standard InChI is InChI=1S/C18H21NO4S2/c1-3-11-23-16(20)5-4-10-19-17(24)15(25-18(19)21)12-13-6-8-14(22-2)9-7-13/h6-9,12H,3-5,10-11H2,1-2H3/b15-12-. The van der Waals surface area contributed by atoms with Gasteiger partial charge in [0.05, 0.1) is 18.6 Å². The van der Waals surface area contributed by atoms with E-state index in [0.717, 1.165) is 34.4 Å². The molecule has 5 nitrogen and oxygen atoms in total. The van der Waals surface area contributed by atoms with E-state index in [2.05, 4.69) is 0 Å². The quantitative estimate of drug-likeness (QED) is 0.382. The fourth-order valence-electron chi connectivity index (χ4n) is 2.21. The van der Waals surface area contributed by atoms with Crippen LogP contribution in [0.5, 0.6) is 5.75 Å². The Kier molecular flexibility index (Phi) is 7.46. The van der Waals surface area contributed by atoms with E-state index in [1.54, 1.807) is 12.0 Å². The Labute approximate surface area is 157 Å². The van der Waals surface area contributed by atoms with Crippen molar-refractivity contribution in [1.29, 1.82) is 0 Å². The van der Waals surface area contributed by atoms with Gasteiger partial charge in [0.1, 0.15) is 10.7 Å². The first-order valence-electron chi connectivity index (χ1n) is 8.10. The number of thiocarbonyl (C=S) groups is 1.